The molecule has 0 spiro atoms. The van der Waals surface area contributed by atoms with E-state index in [2.05, 4.69) is 17.9 Å². The number of piperidine rings is 1. The molecule has 1 amide bonds. The maximum Gasteiger partial charge on any atom is 0.294 e. The van der Waals surface area contributed by atoms with Crippen molar-refractivity contribution in [3.63, 3.8) is 0 Å². The number of hydrogen-bond acceptors (Lipinski definition) is 3. The van der Waals surface area contributed by atoms with Gasteiger partial charge in [-0.05, 0) is 55.7 Å². The monoisotopic (exact) mass is 408 g/mol. The van der Waals surface area contributed by atoms with Gasteiger partial charge in [-0.2, -0.15) is 0 Å². The van der Waals surface area contributed by atoms with E-state index >= 15 is 0 Å². The summed E-state index contributed by atoms with van der Waals surface area (Å²) in [5.41, 5.74) is 3.24. The van der Waals surface area contributed by atoms with Gasteiger partial charge in [0.25, 0.3) is 5.91 Å². The maximum absolute atomic E-state index is 13.2. The summed E-state index contributed by atoms with van der Waals surface area (Å²) in [5, 5.41) is 0.809. The lowest BCUT2D eigenvalue weighted by molar-refractivity contribution is 0.0932. The fourth-order valence-electron chi connectivity index (χ4n) is 3.92. The van der Waals surface area contributed by atoms with Crippen molar-refractivity contribution in [2.45, 2.75) is 32.4 Å². The molecule has 0 radical (unpaired) electrons. The summed E-state index contributed by atoms with van der Waals surface area (Å²) >= 11 is 6.32. The molecule has 1 aliphatic heterocycles. The molecule has 29 heavy (non-hydrogen) atoms. The molecule has 2 aromatic carbocycles. The molecule has 2 heterocycles. The van der Waals surface area contributed by atoms with Gasteiger partial charge in [-0.3, -0.25) is 9.69 Å². The smallest absolute Gasteiger partial charge is 0.294 e. The van der Waals surface area contributed by atoms with Gasteiger partial charge in [0, 0.05) is 36.4 Å². The van der Waals surface area contributed by atoms with E-state index in [0.29, 0.717) is 5.76 Å². The summed E-state index contributed by atoms with van der Waals surface area (Å²) in [6, 6.07) is 19.7. The van der Waals surface area contributed by atoms with Crippen LogP contribution in [-0.2, 0) is 6.54 Å². The molecule has 5 heteroatoms. The highest BCUT2D eigenvalue weighted by atomic mass is 35.5. The number of amides is 1. The van der Waals surface area contributed by atoms with Gasteiger partial charge in [0.1, 0.15) is 0 Å². The number of anilines is 1. The van der Waals surface area contributed by atoms with Gasteiger partial charge in [-0.25, -0.2) is 0 Å². The van der Waals surface area contributed by atoms with Crippen LogP contribution in [0, 0.1) is 6.92 Å². The van der Waals surface area contributed by atoms with E-state index in [-0.39, 0.29) is 11.9 Å². The van der Waals surface area contributed by atoms with Gasteiger partial charge in [0.15, 0.2) is 5.76 Å². The molecule has 0 bridgehead atoms. The second-order valence-electron chi connectivity index (χ2n) is 7.59. The molecule has 1 fully saturated rings. The quantitative estimate of drug-likeness (QED) is 0.555. The van der Waals surface area contributed by atoms with Crippen LogP contribution < -0.4 is 4.90 Å². The zero-order chi connectivity index (χ0) is 20.2. The highest BCUT2D eigenvalue weighted by molar-refractivity contribution is 6.31. The molecule has 4 nitrogen and oxygen atoms in total. The number of carbonyl (C=O) groups is 1. The van der Waals surface area contributed by atoms with Crippen LogP contribution in [0.4, 0.5) is 5.69 Å². The van der Waals surface area contributed by atoms with Crippen molar-refractivity contribution in [3.8, 4) is 0 Å². The number of benzene rings is 2. The van der Waals surface area contributed by atoms with Crippen molar-refractivity contribution >= 4 is 23.2 Å². The predicted molar refractivity (Wildman–Crippen MR) is 116 cm³/mol. The zero-order valence-corrected chi connectivity index (χ0v) is 17.3. The van der Waals surface area contributed by atoms with E-state index in [4.69, 9.17) is 16.0 Å². The number of halogens is 1. The molecule has 0 unspecified atom stereocenters. The average molecular weight is 409 g/mol. The van der Waals surface area contributed by atoms with E-state index < -0.39 is 0 Å². The van der Waals surface area contributed by atoms with E-state index in [1.54, 1.807) is 18.4 Å². The second-order valence-corrected chi connectivity index (χ2v) is 7.99. The molecular formula is C24H25ClN2O2. The molecule has 3 aromatic rings. The summed E-state index contributed by atoms with van der Waals surface area (Å²) in [6.07, 6.45) is 3.36. The minimum Gasteiger partial charge on any atom is -0.459 e. The first kappa shape index (κ1) is 19.7. The molecule has 0 aliphatic carbocycles. The molecule has 0 saturated carbocycles. The summed E-state index contributed by atoms with van der Waals surface area (Å²) in [6.45, 7) is 4.73. The Kier molecular flexibility index (Phi) is 6.02. The van der Waals surface area contributed by atoms with Gasteiger partial charge in [-0.1, -0.05) is 47.5 Å². The Hall–Kier alpha value is -2.56. The van der Waals surface area contributed by atoms with E-state index in [0.717, 1.165) is 48.7 Å². The zero-order valence-electron chi connectivity index (χ0n) is 16.6. The standard InChI is InChI=1S/C24H25ClN2O2/c1-18-8-10-20(11-9-18)27(24(28)23-7-4-16-29-23)21-12-14-26(15-13-21)17-19-5-2-3-6-22(19)25/h2-11,16,21H,12-15,17H2,1H3. The van der Waals surface area contributed by atoms with Crippen molar-refractivity contribution < 1.29 is 9.21 Å². The van der Waals surface area contributed by atoms with Crippen LogP contribution in [0.5, 0.6) is 0 Å². The maximum atomic E-state index is 13.2. The lowest BCUT2D eigenvalue weighted by Gasteiger charge is -2.38. The Balaban J connectivity index is 1.50. The molecule has 1 saturated heterocycles. The fraction of sp³-hybridized carbons (Fsp3) is 0.292. The third-order valence-electron chi connectivity index (χ3n) is 5.54. The molecule has 4 rings (SSSR count). The number of likely N-dealkylation sites (tertiary alicyclic amines) is 1. The van der Waals surface area contributed by atoms with Crippen LogP contribution in [0.15, 0.2) is 71.3 Å². The lowest BCUT2D eigenvalue weighted by atomic mass is 10.0. The molecule has 0 atom stereocenters. The predicted octanol–water partition coefficient (Wildman–Crippen LogP) is 5.55. The summed E-state index contributed by atoms with van der Waals surface area (Å²) in [4.78, 5) is 17.5. The third-order valence-corrected chi connectivity index (χ3v) is 5.91. The Bertz CT molecular complexity index is 945. The number of aryl methyl sites for hydroxylation is 1. The minimum absolute atomic E-state index is 0.0802. The highest BCUT2D eigenvalue weighted by Gasteiger charge is 2.31. The van der Waals surface area contributed by atoms with Gasteiger partial charge in [-0.15, -0.1) is 0 Å². The normalized spacial score (nSPS) is 15.4. The van der Waals surface area contributed by atoms with Gasteiger partial charge >= 0.3 is 0 Å². The highest BCUT2D eigenvalue weighted by Crippen LogP contribution is 2.28. The van der Waals surface area contributed by atoms with Crippen LogP contribution in [0.1, 0.15) is 34.5 Å². The van der Waals surface area contributed by atoms with Crippen molar-refractivity contribution in [1.29, 1.82) is 0 Å². The van der Waals surface area contributed by atoms with Gasteiger partial charge in [0.2, 0.25) is 0 Å². The minimum atomic E-state index is -0.0802. The number of furan rings is 1. The summed E-state index contributed by atoms with van der Waals surface area (Å²) < 4.78 is 5.41. The van der Waals surface area contributed by atoms with E-state index in [1.807, 2.05) is 47.4 Å². The topological polar surface area (TPSA) is 36.7 Å². The Morgan fingerprint density at radius 1 is 1.07 bits per heavy atom. The number of hydrogen-bond donors (Lipinski definition) is 0. The van der Waals surface area contributed by atoms with Crippen LogP contribution in [0.3, 0.4) is 0 Å². The first-order valence-corrected chi connectivity index (χ1v) is 10.4. The first-order chi connectivity index (χ1) is 14.1. The SMILES string of the molecule is Cc1ccc(N(C(=O)c2ccco2)C2CCN(Cc3ccccc3Cl)CC2)cc1. The summed E-state index contributed by atoms with van der Waals surface area (Å²) in [5.74, 6) is 0.299. The van der Waals surface area contributed by atoms with Crippen molar-refractivity contribution in [1.82, 2.24) is 4.90 Å². The molecule has 0 N–H and O–H groups in total. The van der Waals surface area contributed by atoms with Gasteiger partial charge < -0.3 is 9.32 Å². The average Bonchev–Trinajstić information content (AvgIpc) is 3.27. The largest absolute Gasteiger partial charge is 0.459 e. The van der Waals surface area contributed by atoms with Crippen molar-refractivity contribution in [3.05, 3.63) is 88.8 Å². The van der Waals surface area contributed by atoms with Crippen molar-refractivity contribution in [2.75, 3.05) is 18.0 Å². The molecule has 150 valence electrons. The number of nitrogens with zero attached hydrogens (tertiary/aromatic N) is 2. The Morgan fingerprint density at radius 2 is 1.79 bits per heavy atom. The number of carbonyl (C=O) groups excluding carboxylic acids is 1. The lowest BCUT2D eigenvalue weighted by Crippen LogP contribution is -2.47. The van der Waals surface area contributed by atoms with Gasteiger partial charge in [0.05, 0.1) is 6.26 Å². The van der Waals surface area contributed by atoms with E-state index in [9.17, 15) is 4.79 Å². The second kappa shape index (κ2) is 8.85. The van der Waals surface area contributed by atoms with Crippen LogP contribution in [0.2, 0.25) is 5.02 Å². The van der Waals surface area contributed by atoms with E-state index in [1.165, 1.54) is 5.56 Å². The Morgan fingerprint density at radius 3 is 2.45 bits per heavy atom. The first-order valence-electron chi connectivity index (χ1n) is 10.0. The van der Waals surface area contributed by atoms with Crippen LogP contribution in [-0.4, -0.2) is 29.9 Å². The molecule has 1 aromatic heterocycles. The van der Waals surface area contributed by atoms with Crippen LogP contribution in [0.25, 0.3) is 0 Å². The fourth-order valence-corrected chi connectivity index (χ4v) is 4.12. The van der Waals surface area contributed by atoms with Crippen molar-refractivity contribution in [2.24, 2.45) is 0 Å². The molecular weight excluding hydrogens is 384 g/mol. The third kappa shape index (κ3) is 4.55. The summed E-state index contributed by atoms with van der Waals surface area (Å²) in [7, 11) is 0. The number of rotatable bonds is 5. The Labute approximate surface area is 176 Å². The molecule has 1 aliphatic rings. The van der Waals surface area contributed by atoms with Crippen LogP contribution >= 0.6 is 11.6 Å².